The Morgan fingerprint density at radius 2 is 2.21 bits per heavy atom. The lowest BCUT2D eigenvalue weighted by Crippen LogP contribution is -2.50. The van der Waals surface area contributed by atoms with Crippen molar-refractivity contribution in [2.24, 2.45) is 0 Å². The number of piperazine rings is 1. The Hall–Kier alpha value is -1.23. The normalized spacial score (nSPS) is 22.4. The summed E-state index contributed by atoms with van der Waals surface area (Å²) in [5, 5.41) is 3.27. The third kappa shape index (κ3) is 1.82. The van der Waals surface area contributed by atoms with E-state index in [0.717, 1.165) is 19.6 Å². The summed E-state index contributed by atoms with van der Waals surface area (Å²) in [7, 11) is 0. The summed E-state index contributed by atoms with van der Waals surface area (Å²) in [4.78, 5) is 10.0. The predicted octanol–water partition coefficient (Wildman–Crippen LogP) is 0.414. The Kier molecular flexibility index (Phi) is 2.58. The standard InChI is InChI=1S/C9H13FN4/c1-7-4-11-2-3-14(7)9-12-5-8(10)6-13-9/h5-7,11H,2-4H2,1H3. The van der Waals surface area contributed by atoms with E-state index >= 15 is 0 Å². The zero-order chi connectivity index (χ0) is 9.97. The number of nitrogens with zero attached hydrogens (tertiary/aromatic N) is 3. The molecule has 1 aliphatic rings. The zero-order valence-corrected chi connectivity index (χ0v) is 8.07. The molecule has 1 fully saturated rings. The summed E-state index contributed by atoms with van der Waals surface area (Å²) in [6.45, 7) is 4.80. The molecule has 2 heterocycles. The summed E-state index contributed by atoms with van der Waals surface area (Å²) >= 11 is 0. The first-order chi connectivity index (χ1) is 6.77. The van der Waals surface area contributed by atoms with E-state index in [2.05, 4.69) is 27.1 Å². The number of anilines is 1. The third-order valence-corrected chi connectivity index (χ3v) is 2.36. The highest BCUT2D eigenvalue weighted by atomic mass is 19.1. The smallest absolute Gasteiger partial charge is 0.225 e. The minimum atomic E-state index is -0.392. The average Bonchev–Trinajstić information content (AvgIpc) is 2.20. The van der Waals surface area contributed by atoms with Crippen molar-refractivity contribution in [2.45, 2.75) is 13.0 Å². The Balaban J connectivity index is 2.16. The number of rotatable bonds is 1. The van der Waals surface area contributed by atoms with Gasteiger partial charge in [-0.3, -0.25) is 0 Å². The quantitative estimate of drug-likeness (QED) is 0.706. The minimum absolute atomic E-state index is 0.356. The summed E-state index contributed by atoms with van der Waals surface area (Å²) in [6.07, 6.45) is 2.41. The molecule has 0 bridgehead atoms. The molecular weight excluding hydrogens is 183 g/mol. The van der Waals surface area contributed by atoms with E-state index in [1.54, 1.807) is 0 Å². The fourth-order valence-electron chi connectivity index (χ4n) is 1.59. The average molecular weight is 196 g/mol. The number of hydrogen-bond donors (Lipinski definition) is 1. The highest BCUT2D eigenvalue weighted by molar-refractivity contribution is 5.31. The summed E-state index contributed by atoms with van der Waals surface area (Å²) in [6, 6.07) is 0.356. The molecule has 0 amide bonds. The van der Waals surface area contributed by atoms with Gasteiger partial charge in [0, 0.05) is 25.7 Å². The van der Waals surface area contributed by atoms with Gasteiger partial charge in [-0.2, -0.15) is 0 Å². The van der Waals surface area contributed by atoms with Gasteiger partial charge in [-0.1, -0.05) is 0 Å². The molecular formula is C9H13FN4. The van der Waals surface area contributed by atoms with E-state index in [1.807, 2.05) is 0 Å². The molecule has 1 aromatic rings. The van der Waals surface area contributed by atoms with Crippen LogP contribution in [0.5, 0.6) is 0 Å². The van der Waals surface area contributed by atoms with Crippen molar-refractivity contribution in [1.29, 1.82) is 0 Å². The number of nitrogens with one attached hydrogen (secondary N) is 1. The van der Waals surface area contributed by atoms with Crippen LogP contribution in [0.2, 0.25) is 0 Å². The van der Waals surface area contributed by atoms with Crippen molar-refractivity contribution in [3.63, 3.8) is 0 Å². The maximum absolute atomic E-state index is 12.6. The lowest BCUT2D eigenvalue weighted by atomic mass is 10.2. The fourth-order valence-corrected chi connectivity index (χ4v) is 1.59. The fraction of sp³-hybridized carbons (Fsp3) is 0.556. The monoisotopic (exact) mass is 196 g/mol. The topological polar surface area (TPSA) is 41.0 Å². The first kappa shape index (κ1) is 9.33. The van der Waals surface area contributed by atoms with Gasteiger partial charge < -0.3 is 10.2 Å². The van der Waals surface area contributed by atoms with Crippen molar-refractivity contribution in [3.8, 4) is 0 Å². The molecule has 0 saturated carbocycles. The zero-order valence-electron chi connectivity index (χ0n) is 8.07. The van der Waals surface area contributed by atoms with Gasteiger partial charge in [-0.25, -0.2) is 14.4 Å². The van der Waals surface area contributed by atoms with E-state index in [4.69, 9.17) is 0 Å². The van der Waals surface area contributed by atoms with E-state index in [1.165, 1.54) is 12.4 Å². The summed E-state index contributed by atoms with van der Waals surface area (Å²) in [5.74, 6) is 0.219. The van der Waals surface area contributed by atoms with Crippen molar-refractivity contribution in [3.05, 3.63) is 18.2 Å². The van der Waals surface area contributed by atoms with Crippen LogP contribution in [0.3, 0.4) is 0 Å². The van der Waals surface area contributed by atoms with Gasteiger partial charge in [0.1, 0.15) is 0 Å². The van der Waals surface area contributed by atoms with Crippen LogP contribution in [0.25, 0.3) is 0 Å². The Labute approximate surface area is 82.2 Å². The SMILES string of the molecule is CC1CNCCN1c1ncc(F)cn1. The largest absolute Gasteiger partial charge is 0.336 e. The molecule has 0 aliphatic carbocycles. The highest BCUT2D eigenvalue weighted by Gasteiger charge is 2.19. The van der Waals surface area contributed by atoms with Crippen LogP contribution in [0.4, 0.5) is 10.3 Å². The van der Waals surface area contributed by atoms with Gasteiger partial charge in [0.2, 0.25) is 5.95 Å². The predicted molar refractivity (Wildman–Crippen MR) is 51.7 cm³/mol. The Morgan fingerprint density at radius 3 is 2.86 bits per heavy atom. The number of aromatic nitrogens is 2. The Bertz CT molecular complexity index is 300. The summed E-state index contributed by atoms with van der Waals surface area (Å²) in [5.41, 5.74) is 0. The van der Waals surface area contributed by atoms with Crippen LogP contribution in [0.15, 0.2) is 12.4 Å². The van der Waals surface area contributed by atoms with Gasteiger partial charge in [0.25, 0.3) is 0 Å². The van der Waals surface area contributed by atoms with Crippen LogP contribution in [-0.2, 0) is 0 Å². The van der Waals surface area contributed by atoms with Gasteiger partial charge in [-0.05, 0) is 6.92 Å². The van der Waals surface area contributed by atoms with Crippen LogP contribution in [0.1, 0.15) is 6.92 Å². The maximum atomic E-state index is 12.6. The van der Waals surface area contributed by atoms with Crippen molar-refractivity contribution in [2.75, 3.05) is 24.5 Å². The lowest BCUT2D eigenvalue weighted by molar-refractivity contribution is 0.491. The highest BCUT2D eigenvalue weighted by Crippen LogP contribution is 2.11. The van der Waals surface area contributed by atoms with Crippen LogP contribution < -0.4 is 10.2 Å². The van der Waals surface area contributed by atoms with E-state index in [0.29, 0.717) is 12.0 Å². The molecule has 0 aromatic carbocycles. The molecule has 1 aromatic heterocycles. The van der Waals surface area contributed by atoms with Gasteiger partial charge in [0.15, 0.2) is 5.82 Å². The van der Waals surface area contributed by atoms with Crippen molar-refractivity contribution < 1.29 is 4.39 Å². The second kappa shape index (κ2) is 3.88. The van der Waals surface area contributed by atoms with Gasteiger partial charge in [-0.15, -0.1) is 0 Å². The first-order valence-electron chi connectivity index (χ1n) is 4.72. The molecule has 4 nitrogen and oxygen atoms in total. The molecule has 0 spiro atoms. The van der Waals surface area contributed by atoms with E-state index < -0.39 is 5.82 Å². The first-order valence-corrected chi connectivity index (χ1v) is 4.72. The van der Waals surface area contributed by atoms with Gasteiger partial charge in [0.05, 0.1) is 12.4 Å². The van der Waals surface area contributed by atoms with Crippen LogP contribution in [-0.4, -0.2) is 35.6 Å². The van der Waals surface area contributed by atoms with Crippen molar-refractivity contribution >= 4 is 5.95 Å². The third-order valence-electron chi connectivity index (χ3n) is 2.36. The van der Waals surface area contributed by atoms with Crippen LogP contribution in [0, 0.1) is 5.82 Å². The molecule has 1 unspecified atom stereocenters. The Morgan fingerprint density at radius 1 is 1.50 bits per heavy atom. The summed E-state index contributed by atoms with van der Waals surface area (Å²) < 4.78 is 12.6. The lowest BCUT2D eigenvalue weighted by Gasteiger charge is -2.33. The maximum Gasteiger partial charge on any atom is 0.225 e. The second-order valence-electron chi connectivity index (χ2n) is 3.45. The number of halogens is 1. The molecule has 5 heteroatoms. The molecule has 1 atom stereocenters. The molecule has 0 radical (unpaired) electrons. The molecule has 2 rings (SSSR count). The van der Waals surface area contributed by atoms with Crippen molar-refractivity contribution in [1.82, 2.24) is 15.3 Å². The molecule has 1 saturated heterocycles. The second-order valence-corrected chi connectivity index (χ2v) is 3.45. The van der Waals surface area contributed by atoms with Crippen LogP contribution >= 0.6 is 0 Å². The molecule has 14 heavy (non-hydrogen) atoms. The van der Waals surface area contributed by atoms with Gasteiger partial charge >= 0.3 is 0 Å². The molecule has 76 valence electrons. The van der Waals surface area contributed by atoms with E-state index in [9.17, 15) is 4.39 Å². The molecule has 1 N–H and O–H groups in total. The van der Waals surface area contributed by atoms with E-state index in [-0.39, 0.29) is 0 Å². The number of hydrogen-bond acceptors (Lipinski definition) is 4. The molecule has 1 aliphatic heterocycles. The minimum Gasteiger partial charge on any atom is -0.336 e.